The molecule has 2 amide bonds. The maximum Gasteiger partial charge on any atom is 0.259 e. The number of carbonyl (C=O) groups excluding carboxylic acids is 2. The number of nitrogens with zero attached hydrogens (tertiary/aromatic N) is 3. The van der Waals surface area contributed by atoms with Crippen LogP contribution in [-0.2, 0) is 0 Å². The van der Waals surface area contributed by atoms with Crippen LogP contribution in [0.15, 0.2) is 77.3 Å². The number of amides is 2. The van der Waals surface area contributed by atoms with Crippen LogP contribution in [0.4, 0.5) is 5.69 Å². The van der Waals surface area contributed by atoms with Crippen molar-refractivity contribution in [3.05, 3.63) is 89.8 Å². The first-order valence-electron chi connectivity index (χ1n) is 10.9. The molecule has 2 aromatic heterocycles. The van der Waals surface area contributed by atoms with Gasteiger partial charge in [-0.05, 0) is 69.3 Å². The van der Waals surface area contributed by atoms with Gasteiger partial charge in [0.25, 0.3) is 11.8 Å². The zero-order valence-corrected chi connectivity index (χ0v) is 18.9. The summed E-state index contributed by atoms with van der Waals surface area (Å²) in [4.78, 5) is 27.5. The van der Waals surface area contributed by atoms with Gasteiger partial charge in [-0.2, -0.15) is 5.10 Å². The summed E-state index contributed by atoms with van der Waals surface area (Å²) in [5, 5.41) is 7.52. The van der Waals surface area contributed by atoms with Crippen molar-refractivity contribution in [2.45, 2.75) is 20.8 Å². The highest BCUT2D eigenvalue weighted by atomic mass is 16.3. The van der Waals surface area contributed by atoms with Gasteiger partial charge in [-0.3, -0.25) is 9.59 Å². The molecule has 0 radical (unpaired) electrons. The molecule has 0 aliphatic carbocycles. The quantitative estimate of drug-likeness (QED) is 0.428. The summed E-state index contributed by atoms with van der Waals surface area (Å²) in [7, 11) is 0. The zero-order valence-electron chi connectivity index (χ0n) is 18.9. The third kappa shape index (κ3) is 4.72. The highest BCUT2D eigenvalue weighted by molar-refractivity contribution is 6.08. The third-order valence-corrected chi connectivity index (χ3v) is 5.39. The lowest BCUT2D eigenvalue weighted by molar-refractivity contribution is 0.0773. The molecule has 0 saturated heterocycles. The van der Waals surface area contributed by atoms with E-state index in [1.165, 1.54) is 0 Å². The van der Waals surface area contributed by atoms with E-state index in [1.807, 2.05) is 57.2 Å². The second-order valence-corrected chi connectivity index (χ2v) is 7.59. The second-order valence-electron chi connectivity index (χ2n) is 7.59. The van der Waals surface area contributed by atoms with Crippen LogP contribution >= 0.6 is 0 Å². The lowest BCUT2D eigenvalue weighted by Crippen LogP contribution is -2.30. The van der Waals surface area contributed by atoms with Crippen LogP contribution in [0.5, 0.6) is 0 Å². The van der Waals surface area contributed by atoms with Gasteiger partial charge in [-0.25, -0.2) is 4.68 Å². The van der Waals surface area contributed by atoms with E-state index >= 15 is 0 Å². The number of aromatic nitrogens is 2. The fraction of sp³-hybridized carbons (Fsp3) is 0.192. The van der Waals surface area contributed by atoms with Crippen molar-refractivity contribution in [2.24, 2.45) is 0 Å². The number of para-hydroxylation sites is 1. The van der Waals surface area contributed by atoms with Crippen molar-refractivity contribution in [1.29, 1.82) is 0 Å². The van der Waals surface area contributed by atoms with Gasteiger partial charge >= 0.3 is 0 Å². The number of hydrogen-bond donors (Lipinski definition) is 1. The summed E-state index contributed by atoms with van der Waals surface area (Å²) in [6.07, 6.45) is 1.69. The summed E-state index contributed by atoms with van der Waals surface area (Å²) in [5.74, 6) is 0.910. The summed E-state index contributed by atoms with van der Waals surface area (Å²) in [6, 6.07) is 20.1. The number of nitrogens with one attached hydrogen (secondary N) is 1. The topological polar surface area (TPSA) is 80.4 Å². The van der Waals surface area contributed by atoms with Gasteiger partial charge in [0.1, 0.15) is 11.5 Å². The minimum atomic E-state index is -0.316. The predicted molar refractivity (Wildman–Crippen MR) is 128 cm³/mol. The van der Waals surface area contributed by atoms with Crippen LogP contribution in [0.1, 0.15) is 40.3 Å². The number of anilines is 1. The highest BCUT2D eigenvalue weighted by Crippen LogP contribution is 2.26. The van der Waals surface area contributed by atoms with Gasteiger partial charge in [0.05, 0.1) is 11.3 Å². The average molecular weight is 443 g/mol. The third-order valence-electron chi connectivity index (χ3n) is 5.39. The van der Waals surface area contributed by atoms with E-state index in [9.17, 15) is 9.59 Å². The van der Waals surface area contributed by atoms with E-state index in [0.29, 0.717) is 41.4 Å². The van der Waals surface area contributed by atoms with Gasteiger partial charge < -0.3 is 14.6 Å². The minimum absolute atomic E-state index is 0.0301. The molecule has 0 fully saturated rings. The van der Waals surface area contributed by atoms with E-state index in [1.54, 1.807) is 46.1 Å². The Balaban J connectivity index is 1.61. The molecular formula is C26H26N4O3. The summed E-state index contributed by atoms with van der Waals surface area (Å²) in [5.41, 5.74) is 2.85. The first-order chi connectivity index (χ1) is 16.0. The van der Waals surface area contributed by atoms with Gasteiger partial charge in [-0.1, -0.05) is 18.2 Å². The number of hydrogen-bond acceptors (Lipinski definition) is 4. The van der Waals surface area contributed by atoms with Gasteiger partial charge in [0.2, 0.25) is 0 Å². The lowest BCUT2D eigenvalue weighted by Gasteiger charge is -2.18. The van der Waals surface area contributed by atoms with Crippen molar-refractivity contribution in [1.82, 2.24) is 14.7 Å². The SMILES string of the molecule is CCN(CC)C(=O)c1ccc(NC(=O)c2cn(-c3ccccc3)nc2-c2ccc(C)o2)cc1. The first kappa shape index (κ1) is 22.1. The van der Waals surface area contributed by atoms with Crippen molar-refractivity contribution in [3.63, 3.8) is 0 Å². The number of furan rings is 1. The fourth-order valence-electron chi connectivity index (χ4n) is 3.58. The Kier molecular flexibility index (Phi) is 6.40. The molecule has 7 heteroatoms. The van der Waals surface area contributed by atoms with E-state index in [0.717, 1.165) is 11.4 Å². The van der Waals surface area contributed by atoms with Crippen LogP contribution < -0.4 is 5.32 Å². The molecule has 0 aliphatic rings. The van der Waals surface area contributed by atoms with E-state index in [-0.39, 0.29) is 11.8 Å². The van der Waals surface area contributed by atoms with Crippen molar-refractivity contribution < 1.29 is 14.0 Å². The van der Waals surface area contributed by atoms with Crippen molar-refractivity contribution in [2.75, 3.05) is 18.4 Å². The molecule has 33 heavy (non-hydrogen) atoms. The Bertz CT molecular complexity index is 1250. The molecule has 4 rings (SSSR count). The van der Waals surface area contributed by atoms with Gasteiger partial charge in [-0.15, -0.1) is 0 Å². The number of carbonyl (C=O) groups is 2. The van der Waals surface area contributed by atoms with Gasteiger partial charge in [0.15, 0.2) is 5.76 Å². The van der Waals surface area contributed by atoms with Crippen LogP contribution in [0, 0.1) is 6.92 Å². The number of benzene rings is 2. The van der Waals surface area contributed by atoms with Crippen LogP contribution in [0.2, 0.25) is 0 Å². The monoisotopic (exact) mass is 442 g/mol. The largest absolute Gasteiger partial charge is 0.460 e. The second kappa shape index (κ2) is 9.56. The Hall–Kier alpha value is -4.13. The molecule has 7 nitrogen and oxygen atoms in total. The van der Waals surface area contributed by atoms with E-state index < -0.39 is 0 Å². The summed E-state index contributed by atoms with van der Waals surface area (Å²) < 4.78 is 7.41. The molecule has 0 aliphatic heterocycles. The highest BCUT2D eigenvalue weighted by Gasteiger charge is 2.21. The molecule has 0 atom stereocenters. The Labute approximate surface area is 192 Å². The van der Waals surface area contributed by atoms with Crippen LogP contribution in [0.25, 0.3) is 17.1 Å². The molecule has 2 aromatic carbocycles. The fourth-order valence-corrected chi connectivity index (χ4v) is 3.58. The maximum absolute atomic E-state index is 13.2. The molecule has 168 valence electrons. The standard InChI is InChI=1S/C26H26N4O3/c1-4-29(5-2)26(32)19-12-14-20(15-13-19)27-25(31)22-17-30(21-9-7-6-8-10-21)28-24(22)23-16-11-18(3)33-23/h6-17H,4-5H2,1-3H3,(H,27,31). The minimum Gasteiger partial charge on any atom is -0.460 e. The molecule has 0 unspecified atom stereocenters. The molecule has 1 N–H and O–H groups in total. The molecule has 0 bridgehead atoms. The maximum atomic E-state index is 13.2. The Morgan fingerprint density at radius 1 is 0.970 bits per heavy atom. The lowest BCUT2D eigenvalue weighted by atomic mass is 10.1. The Morgan fingerprint density at radius 3 is 2.27 bits per heavy atom. The summed E-state index contributed by atoms with van der Waals surface area (Å²) >= 11 is 0. The van der Waals surface area contributed by atoms with Crippen molar-refractivity contribution in [3.8, 4) is 17.1 Å². The molecule has 4 aromatic rings. The van der Waals surface area contributed by atoms with Crippen molar-refractivity contribution >= 4 is 17.5 Å². The average Bonchev–Trinajstić information content (AvgIpc) is 3.47. The van der Waals surface area contributed by atoms with E-state index in [2.05, 4.69) is 10.4 Å². The smallest absolute Gasteiger partial charge is 0.259 e. The molecule has 0 spiro atoms. The van der Waals surface area contributed by atoms with Gasteiger partial charge in [0, 0.05) is 30.5 Å². The predicted octanol–water partition coefficient (Wildman–Crippen LogP) is 5.18. The number of rotatable bonds is 7. The first-order valence-corrected chi connectivity index (χ1v) is 10.9. The zero-order chi connectivity index (χ0) is 23.4. The number of aryl methyl sites for hydroxylation is 1. The Morgan fingerprint density at radius 2 is 1.67 bits per heavy atom. The molecular weight excluding hydrogens is 416 g/mol. The van der Waals surface area contributed by atoms with Crippen LogP contribution in [0.3, 0.4) is 0 Å². The molecule has 0 saturated carbocycles. The van der Waals surface area contributed by atoms with Crippen LogP contribution in [-0.4, -0.2) is 39.6 Å². The summed E-state index contributed by atoms with van der Waals surface area (Å²) in [6.45, 7) is 7.04. The van der Waals surface area contributed by atoms with E-state index in [4.69, 9.17) is 4.42 Å². The molecule has 2 heterocycles. The normalized spacial score (nSPS) is 10.8.